The standard InChI is InChI=1S/C11H18N2O3/c1-7-5-6-8(16-7)10(13(3)4)9(12-2)11(14)15/h5-6,9-10,12H,1-4H3,(H,14,15). The molecule has 0 spiro atoms. The van der Waals surface area contributed by atoms with E-state index < -0.39 is 12.0 Å². The van der Waals surface area contributed by atoms with Gasteiger partial charge < -0.3 is 14.8 Å². The van der Waals surface area contributed by atoms with Crippen LogP contribution in [-0.4, -0.2) is 43.2 Å². The second kappa shape index (κ2) is 5.14. The van der Waals surface area contributed by atoms with Gasteiger partial charge in [0.25, 0.3) is 0 Å². The van der Waals surface area contributed by atoms with Crippen LogP contribution >= 0.6 is 0 Å². The lowest BCUT2D eigenvalue weighted by atomic mass is 10.1. The molecular formula is C11H18N2O3. The van der Waals surface area contributed by atoms with Crippen LogP contribution < -0.4 is 5.32 Å². The molecule has 90 valence electrons. The van der Waals surface area contributed by atoms with Crippen molar-refractivity contribution in [1.29, 1.82) is 0 Å². The lowest BCUT2D eigenvalue weighted by molar-refractivity contribution is -0.141. The largest absolute Gasteiger partial charge is 0.480 e. The van der Waals surface area contributed by atoms with E-state index in [4.69, 9.17) is 9.52 Å². The average molecular weight is 226 g/mol. The molecule has 5 heteroatoms. The number of carbonyl (C=O) groups is 1. The van der Waals surface area contributed by atoms with E-state index in [9.17, 15) is 4.79 Å². The molecule has 0 bridgehead atoms. The summed E-state index contributed by atoms with van der Waals surface area (Å²) < 4.78 is 5.49. The van der Waals surface area contributed by atoms with Crippen LogP contribution in [0.5, 0.6) is 0 Å². The maximum Gasteiger partial charge on any atom is 0.322 e. The number of carboxylic acid groups (broad SMARTS) is 1. The van der Waals surface area contributed by atoms with E-state index in [2.05, 4.69) is 5.32 Å². The first-order valence-electron chi connectivity index (χ1n) is 5.10. The fourth-order valence-corrected chi connectivity index (χ4v) is 1.75. The molecule has 5 nitrogen and oxygen atoms in total. The Hall–Kier alpha value is -1.33. The summed E-state index contributed by atoms with van der Waals surface area (Å²) in [5.74, 6) is 0.543. The smallest absolute Gasteiger partial charge is 0.322 e. The maximum atomic E-state index is 11.1. The highest BCUT2D eigenvalue weighted by Gasteiger charge is 2.31. The van der Waals surface area contributed by atoms with Crippen molar-refractivity contribution < 1.29 is 14.3 Å². The van der Waals surface area contributed by atoms with Crippen molar-refractivity contribution in [2.45, 2.75) is 19.0 Å². The highest BCUT2D eigenvalue weighted by atomic mass is 16.4. The molecule has 0 aromatic carbocycles. The molecule has 1 aromatic rings. The van der Waals surface area contributed by atoms with Gasteiger partial charge in [0, 0.05) is 0 Å². The molecule has 2 unspecified atom stereocenters. The van der Waals surface area contributed by atoms with E-state index >= 15 is 0 Å². The van der Waals surface area contributed by atoms with Gasteiger partial charge in [-0.25, -0.2) is 0 Å². The first-order valence-corrected chi connectivity index (χ1v) is 5.10. The van der Waals surface area contributed by atoms with Gasteiger partial charge in [0.15, 0.2) is 0 Å². The van der Waals surface area contributed by atoms with Gasteiger partial charge in [-0.2, -0.15) is 0 Å². The fourth-order valence-electron chi connectivity index (χ4n) is 1.75. The number of nitrogens with one attached hydrogen (secondary N) is 1. The molecule has 0 saturated carbocycles. The average Bonchev–Trinajstić information content (AvgIpc) is 2.59. The number of hydrogen-bond donors (Lipinski definition) is 2. The Morgan fingerprint density at radius 2 is 2.12 bits per heavy atom. The van der Waals surface area contributed by atoms with Crippen molar-refractivity contribution in [3.63, 3.8) is 0 Å². The molecule has 0 saturated heterocycles. The van der Waals surface area contributed by atoms with Crippen molar-refractivity contribution in [1.82, 2.24) is 10.2 Å². The Labute approximate surface area is 95.0 Å². The molecule has 0 aliphatic rings. The van der Waals surface area contributed by atoms with Crippen LogP contribution in [0.3, 0.4) is 0 Å². The molecule has 2 atom stereocenters. The maximum absolute atomic E-state index is 11.1. The lowest BCUT2D eigenvalue weighted by Crippen LogP contribution is -2.44. The van der Waals surface area contributed by atoms with Crippen LogP contribution in [0.2, 0.25) is 0 Å². The molecular weight excluding hydrogens is 208 g/mol. The van der Waals surface area contributed by atoms with E-state index in [-0.39, 0.29) is 6.04 Å². The van der Waals surface area contributed by atoms with Crippen molar-refractivity contribution in [2.24, 2.45) is 0 Å². The SMILES string of the molecule is CNC(C(=O)O)C(c1ccc(C)o1)N(C)C. The number of furan rings is 1. The number of nitrogens with zero attached hydrogens (tertiary/aromatic N) is 1. The minimum atomic E-state index is -0.893. The van der Waals surface area contributed by atoms with Gasteiger partial charge in [0.05, 0.1) is 6.04 Å². The number of carboxylic acids is 1. The van der Waals surface area contributed by atoms with Gasteiger partial charge in [-0.3, -0.25) is 9.69 Å². The summed E-state index contributed by atoms with van der Waals surface area (Å²) in [6, 6.07) is 2.63. The third-order valence-corrected chi connectivity index (χ3v) is 2.50. The van der Waals surface area contributed by atoms with Crippen LogP contribution in [-0.2, 0) is 4.79 Å². The number of aryl methyl sites for hydroxylation is 1. The first kappa shape index (κ1) is 12.7. The summed E-state index contributed by atoms with van der Waals surface area (Å²) in [4.78, 5) is 13.0. The Bertz CT molecular complexity index is 360. The number of aliphatic carboxylic acids is 1. The highest BCUT2D eigenvalue weighted by molar-refractivity contribution is 5.74. The summed E-state index contributed by atoms with van der Waals surface area (Å²) >= 11 is 0. The van der Waals surface area contributed by atoms with E-state index in [0.29, 0.717) is 5.76 Å². The molecule has 0 fully saturated rings. The summed E-state index contributed by atoms with van der Waals surface area (Å²) in [6.07, 6.45) is 0. The van der Waals surface area contributed by atoms with Gasteiger partial charge in [0.2, 0.25) is 0 Å². The second-order valence-corrected chi connectivity index (χ2v) is 3.96. The molecule has 1 aromatic heterocycles. The summed E-state index contributed by atoms with van der Waals surface area (Å²) in [5.41, 5.74) is 0. The minimum absolute atomic E-state index is 0.323. The van der Waals surface area contributed by atoms with Crippen LogP contribution in [0, 0.1) is 6.92 Å². The Morgan fingerprint density at radius 3 is 2.44 bits per heavy atom. The monoisotopic (exact) mass is 226 g/mol. The third kappa shape index (κ3) is 2.62. The molecule has 1 heterocycles. The van der Waals surface area contributed by atoms with E-state index in [1.807, 2.05) is 38.1 Å². The lowest BCUT2D eigenvalue weighted by Gasteiger charge is -2.27. The van der Waals surface area contributed by atoms with Crippen molar-refractivity contribution in [3.8, 4) is 0 Å². The zero-order chi connectivity index (χ0) is 12.3. The van der Waals surface area contributed by atoms with E-state index in [0.717, 1.165) is 5.76 Å². The Morgan fingerprint density at radius 1 is 1.50 bits per heavy atom. The number of likely N-dealkylation sites (N-methyl/N-ethyl adjacent to an activating group) is 2. The summed E-state index contributed by atoms with van der Waals surface area (Å²) in [6.45, 7) is 1.84. The van der Waals surface area contributed by atoms with Crippen LogP contribution in [0.4, 0.5) is 0 Å². The molecule has 0 aliphatic heterocycles. The molecule has 16 heavy (non-hydrogen) atoms. The Kier molecular flexibility index (Phi) is 4.09. The number of hydrogen-bond acceptors (Lipinski definition) is 4. The van der Waals surface area contributed by atoms with Crippen molar-refractivity contribution in [3.05, 3.63) is 23.7 Å². The topological polar surface area (TPSA) is 65.7 Å². The van der Waals surface area contributed by atoms with Gasteiger partial charge >= 0.3 is 5.97 Å². The molecule has 0 aliphatic carbocycles. The van der Waals surface area contributed by atoms with Gasteiger partial charge in [-0.05, 0) is 40.2 Å². The van der Waals surface area contributed by atoms with Gasteiger partial charge in [0.1, 0.15) is 17.6 Å². The van der Waals surface area contributed by atoms with Crippen molar-refractivity contribution >= 4 is 5.97 Å². The zero-order valence-corrected chi connectivity index (χ0v) is 10.0. The Balaban J connectivity index is 3.03. The normalized spacial score (nSPS) is 15.1. The van der Waals surface area contributed by atoms with E-state index in [1.54, 1.807) is 7.05 Å². The van der Waals surface area contributed by atoms with Gasteiger partial charge in [-0.1, -0.05) is 0 Å². The van der Waals surface area contributed by atoms with Crippen LogP contribution in [0.15, 0.2) is 16.5 Å². The number of rotatable bonds is 5. The quantitative estimate of drug-likeness (QED) is 0.779. The van der Waals surface area contributed by atoms with Crippen molar-refractivity contribution in [2.75, 3.05) is 21.1 Å². The fraction of sp³-hybridized carbons (Fsp3) is 0.545. The first-order chi connectivity index (χ1) is 7.47. The predicted molar refractivity (Wildman–Crippen MR) is 60.4 cm³/mol. The zero-order valence-electron chi connectivity index (χ0n) is 10.0. The predicted octanol–water partition coefficient (Wildman–Crippen LogP) is 0.863. The minimum Gasteiger partial charge on any atom is -0.480 e. The van der Waals surface area contributed by atoms with E-state index in [1.165, 1.54) is 0 Å². The highest BCUT2D eigenvalue weighted by Crippen LogP contribution is 2.24. The van der Waals surface area contributed by atoms with Crippen LogP contribution in [0.1, 0.15) is 17.6 Å². The molecule has 2 N–H and O–H groups in total. The second-order valence-electron chi connectivity index (χ2n) is 3.96. The molecule has 0 radical (unpaired) electrons. The van der Waals surface area contributed by atoms with Crippen LogP contribution in [0.25, 0.3) is 0 Å². The molecule has 1 rings (SSSR count). The summed E-state index contributed by atoms with van der Waals surface area (Å²) in [7, 11) is 5.29. The van der Waals surface area contributed by atoms with Gasteiger partial charge in [-0.15, -0.1) is 0 Å². The third-order valence-electron chi connectivity index (χ3n) is 2.50. The molecule has 0 amide bonds. The summed E-state index contributed by atoms with van der Waals surface area (Å²) in [5, 5.41) is 11.9.